The number of hydrogen-bond donors (Lipinski definition) is 3. The number of nitrogens with one attached hydrogen (secondary N) is 2. The first kappa shape index (κ1) is 30.2. The van der Waals surface area contributed by atoms with Crippen LogP contribution in [-0.4, -0.2) is 54.9 Å². The number of aromatic nitrogens is 1. The number of nitrogens with zero attached hydrogens (tertiary/aromatic N) is 1. The fraction of sp³-hybridized carbons (Fsp3) is 0.481. The summed E-state index contributed by atoms with van der Waals surface area (Å²) in [6, 6.07) is 6.93. The van der Waals surface area contributed by atoms with E-state index in [0.717, 1.165) is 50.4 Å². The smallest absolute Gasteiger partial charge is 0.404 e. The van der Waals surface area contributed by atoms with Crippen molar-refractivity contribution in [3.05, 3.63) is 41.4 Å². The van der Waals surface area contributed by atoms with Crippen molar-refractivity contribution in [2.75, 3.05) is 6.54 Å². The van der Waals surface area contributed by atoms with Crippen LogP contribution in [0.15, 0.2) is 41.3 Å². The van der Waals surface area contributed by atoms with Crippen molar-refractivity contribution >= 4 is 38.0 Å². The largest absolute Gasteiger partial charge is 0.473 e. The van der Waals surface area contributed by atoms with Crippen molar-refractivity contribution in [3.63, 3.8) is 0 Å². The van der Waals surface area contributed by atoms with E-state index in [9.17, 15) is 31.5 Å². The summed E-state index contributed by atoms with van der Waals surface area (Å²) in [5, 5.41) is 13.4. The summed E-state index contributed by atoms with van der Waals surface area (Å²) in [6.45, 7) is 3.86. The van der Waals surface area contributed by atoms with Crippen LogP contribution in [0.5, 0.6) is 5.88 Å². The number of carbonyl (C=O) groups is 1. The fourth-order valence-corrected chi connectivity index (χ4v) is 6.83. The number of ether oxygens (including phenoxy) is 1. The van der Waals surface area contributed by atoms with Gasteiger partial charge in [0.05, 0.1) is 15.4 Å². The third-order valence-electron chi connectivity index (χ3n) is 6.54. The summed E-state index contributed by atoms with van der Waals surface area (Å²) in [7, 11) is -4.53. The molecule has 1 aliphatic carbocycles. The summed E-state index contributed by atoms with van der Waals surface area (Å²) in [5.74, 6) is -0.268. The average molecular weight is 600 g/mol. The molecule has 1 fully saturated rings. The van der Waals surface area contributed by atoms with E-state index >= 15 is 0 Å². The zero-order valence-corrected chi connectivity index (χ0v) is 24.0. The van der Waals surface area contributed by atoms with Crippen LogP contribution in [0.4, 0.5) is 13.2 Å². The summed E-state index contributed by atoms with van der Waals surface area (Å²) < 4.78 is 73.4. The van der Waals surface area contributed by atoms with Crippen LogP contribution in [0, 0.1) is 0 Å². The molecule has 0 aliphatic heterocycles. The lowest BCUT2D eigenvalue weighted by Gasteiger charge is -2.22. The summed E-state index contributed by atoms with van der Waals surface area (Å²) in [6.07, 6.45) is -0.0735. The molecule has 8 nitrogen and oxygen atoms in total. The summed E-state index contributed by atoms with van der Waals surface area (Å²) >= 11 is 1.06. The van der Waals surface area contributed by atoms with Gasteiger partial charge in [-0.05, 0) is 57.9 Å². The van der Waals surface area contributed by atoms with Gasteiger partial charge in [-0.3, -0.25) is 4.79 Å². The molecule has 0 saturated heterocycles. The minimum Gasteiger partial charge on any atom is -0.473 e. The van der Waals surface area contributed by atoms with Gasteiger partial charge in [0.15, 0.2) is 5.01 Å². The highest BCUT2D eigenvalue weighted by Gasteiger charge is 2.39. The lowest BCUT2D eigenvalue weighted by atomic mass is 9.98. The number of rotatable bonds is 9. The molecule has 0 unspecified atom stereocenters. The molecule has 13 heteroatoms. The first-order valence-corrected chi connectivity index (χ1v) is 15.2. The van der Waals surface area contributed by atoms with Crippen LogP contribution in [0.25, 0.3) is 21.2 Å². The topological polar surface area (TPSA) is 118 Å². The van der Waals surface area contributed by atoms with E-state index in [0.29, 0.717) is 15.8 Å². The van der Waals surface area contributed by atoms with Gasteiger partial charge in [0, 0.05) is 17.5 Å². The van der Waals surface area contributed by atoms with E-state index in [1.54, 1.807) is 36.8 Å². The molecule has 1 heterocycles. The van der Waals surface area contributed by atoms with Gasteiger partial charge in [0.2, 0.25) is 15.9 Å². The maximum Gasteiger partial charge on any atom is 0.404 e. The number of aliphatic hydroxyl groups is 1. The Hall–Kier alpha value is -2.74. The Labute approximate surface area is 235 Å². The van der Waals surface area contributed by atoms with Crippen molar-refractivity contribution in [2.45, 2.75) is 81.7 Å². The fourth-order valence-electron chi connectivity index (χ4n) is 4.43. The summed E-state index contributed by atoms with van der Waals surface area (Å²) in [5.41, 5.74) is -0.602. The average Bonchev–Trinajstić information content (AvgIpc) is 3.29. The second kappa shape index (κ2) is 11.6. The van der Waals surface area contributed by atoms with Crippen LogP contribution in [-0.2, 0) is 10.0 Å². The molecular weight excluding hydrogens is 567 g/mol. The highest BCUT2D eigenvalue weighted by Crippen LogP contribution is 2.42. The molecule has 1 atom stereocenters. The number of alkyl halides is 3. The molecule has 1 amide bonds. The van der Waals surface area contributed by atoms with Gasteiger partial charge in [-0.2, -0.15) is 22.9 Å². The predicted molar refractivity (Wildman–Crippen MR) is 147 cm³/mol. The van der Waals surface area contributed by atoms with Crippen LogP contribution >= 0.6 is 11.3 Å². The minimum absolute atomic E-state index is 0.00159. The van der Waals surface area contributed by atoms with E-state index in [-0.39, 0.29) is 33.8 Å². The van der Waals surface area contributed by atoms with Crippen LogP contribution in [0.3, 0.4) is 0 Å². The molecule has 1 aromatic heterocycles. The van der Waals surface area contributed by atoms with Crippen molar-refractivity contribution in [1.82, 2.24) is 15.0 Å². The predicted octanol–water partition coefficient (Wildman–Crippen LogP) is 5.40. The van der Waals surface area contributed by atoms with Gasteiger partial charge in [-0.1, -0.05) is 36.8 Å². The van der Waals surface area contributed by atoms with Gasteiger partial charge in [-0.25, -0.2) is 8.42 Å². The Morgan fingerprint density at radius 1 is 1.12 bits per heavy atom. The number of benzene rings is 2. The van der Waals surface area contributed by atoms with Crippen molar-refractivity contribution in [1.29, 1.82) is 0 Å². The van der Waals surface area contributed by atoms with Crippen molar-refractivity contribution < 1.29 is 36.2 Å². The van der Waals surface area contributed by atoms with Gasteiger partial charge < -0.3 is 15.2 Å². The number of halogens is 3. The highest BCUT2D eigenvalue weighted by molar-refractivity contribution is 7.89. The zero-order valence-electron chi connectivity index (χ0n) is 22.3. The lowest BCUT2D eigenvalue weighted by Crippen LogP contribution is -2.43. The van der Waals surface area contributed by atoms with Crippen molar-refractivity contribution in [2.24, 2.45) is 0 Å². The second-order valence-electron chi connectivity index (χ2n) is 10.6. The molecule has 3 aromatic rings. The third-order valence-corrected chi connectivity index (χ3v) is 9.21. The van der Waals surface area contributed by atoms with E-state index in [1.807, 2.05) is 0 Å². The normalized spacial score (nSPS) is 16.2. The van der Waals surface area contributed by atoms with Crippen LogP contribution < -0.4 is 14.8 Å². The molecule has 218 valence electrons. The molecule has 0 radical (unpaired) electrons. The standard InChI is InChI=1S/C27H32F3N3O5S2/c1-16(27(28,29)30)33-40(36,37)21-14-13-20(18-11-7-8-12-19(18)21)22-24(38-17-9-5-4-6-10-17)32-25(39-22)23(34)31-15-26(2,3)35/h7-8,11-14,16-17,33,35H,4-6,9-10,15H2,1-3H3,(H,31,34)/t16-/m0/s1. The SMILES string of the molecule is C[C@H](NS(=O)(=O)c1ccc(-c2sc(C(=O)NCC(C)(C)O)nc2OC2CCCCC2)c2ccccc12)C(F)(F)F. The highest BCUT2D eigenvalue weighted by atomic mass is 32.2. The van der Waals surface area contributed by atoms with Gasteiger partial charge >= 0.3 is 6.18 Å². The molecule has 4 rings (SSSR count). The molecule has 0 bridgehead atoms. The van der Waals surface area contributed by atoms with E-state index < -0.39 is 33.7 Å². The minimum atomic E-state index is -4.75. The number of amides is 1. The van der Waals surface area contributed by atoms with Crippen LogP contribution in [0.1, 0.15) is 62.7 Å². The number of carbonyl (C=O) groups excluding carboxylic acids is 1. The zero-order chi connectivity index (χ0) is 29.3. The number of hydrogen-bond acceptors (Lipinski definition) is 7. The quantitative estimate of drug-likeness (QED) is 0.303. The lowest BCUT2D eigenvalue weighted by molar-refractivity contribution is -0.147. The number of thiazole rings is 1. The Kier molecular flexibility index (Phi) is 8.79. The Morgan fingerprint density at radius 3 is 2.40 bits per heavy atom. The van der Waals surface area contributed by atoms with Gasteiger partial charge in [0.25, 0.3) is 5.91 Å². The molecule has 2 aromatic carbocycles. The Balaban J connectivity index is 1.79. The molecular formula is C27H32F3N3O5S2. The van der Waals surface area contributed by atoms with Crippen molar-refractivity contribution in [3.8, 4) is 16.3 Å². The molecule has 1 saturated carbocycles. The number of sulfonamides is 1. The molecule has 40 heavy (non-hydrogen) atoms. The van der Waals surface area contributed by atoms with E-state index in [4.69, 9.17) is 4.74 Å². The maximum atomic E-state index is 13.1. The van der Waals surface area contributed by atoms with E-state index in [1.165, 1.54) is 18.2 Å². The van der Waals surface area contributed by atoms with Gasteiger partial charge in [-0.15, -0.1) is 11.3 Å². The Bertz CT molecular complexity index is 1480. The van der Waals surface area contributed by atoms with Gasteiger partial charge in [0.1, 0.15) is 12.1 Å². The molecule has 0 spiro atoms. The third kappa shape index (κ3) is 7.12. The second-order valence-corrected chi connectivity index (χ2v) is 13.2. The monoisotopic (exact) mass is 599 g/mol. The summed E-state index contributed by atoms with van der Waals surface area (Å²) in [4.78, 5) is 17.6. The number of fused-ring (bicyclic) bond motifs is 1. The van der Waals surface area contributed by atoms with E-state index in [2.05, 4.69) is 10.3 Å². The Morgan fingerprint density at radius 2 is 1.77 bits per heavy atom. The van der Waals surface area contributed by atoms with Crippen LogP contribution in [0.2, 0.25) is 0 Å². The molecule has 3 N–H and O–H groups in total. The molecule has 1 aliphatic rings. The first-order valence-electron chi connectivity index (χ1n) is 12.9. The first-order chi connectivity index (χ1) is 18.7. The maximum absolute atomic E-state index is 13.1.